The van der Waals surface area contributed by atoms with Crippen molar-refractivity contribution in [3.8, 4) is 0 Å². The topological polar surface area (TPSA) is 82.2 Å². The number of amides is 3. The van der Waals surface area contributed by atoms with Gasteiger partial charge in [0.25, 0.3) is 0 Å². The summed E-state index contributed by atoms with van der Waals surface area (Å²) in [5.74, 6) is -0.0710. The van der Waals surface area contributed by atoms with Crippen molar-refractivity contribution in [3.05, 3.63) is 45.1 Å². The highest BCUT2D eigenvalue weighted by molar-refractivity contribution is 6.35. The summed E-state index contributed by atoms with van der Waals surface area (Å²) in [6.45, 7) is 4.94. The number of benzene rings is 1. The van der Waals surface area contributed by atoms with Gasteiger partial charge in [0.2, 0.25) is 5.91 Å². The smallest absolute Gasteiger partial charge is 0.338 e. The molecule has 2 heterocycles. The minimum absolute atomic E-state index is 0.165. The van der Waals surface area contributed by atoms with Gasteiger partial charge in [0.15, 0.2) is 0 Å². The summed E-state index contributed by atoms with van der Waals surface area (Å²) in [7, 11) is 1.64. The minimum atomic E-state index is -0.761. The number of esters is 1. The molecule has 0 bridgehead atoms. The zero-order chi connectivity index (χ0) is 25.1. The maximum Gasteiger partial charge on any atom is 0.338 e. The fourth-order valence-corrected chi connectivity index (χ4v) is 5.65. The molecule has 1 N–H and O–H groups in total. The van der Waals surface area contributed by atoms with Gasteiger partial charge in [-0.2, -0.15) is 0 Å². The van der Waals surface area contributed by atoms with Crippen molar-refractivity contribution in [2.45, 2.75) is 38.6 Å². The molecule has 1 saturated heterocycles. The molecule has 1 aliphatic carbocycles. The Kier molecular flexibility index (Phi) is 8.24. The van der Waals surface area contributed by atoms with Crippen molar-refractivity contribution in [2.24, 2.45) is 5.92 Å². The number of halogens is 2. The van der Waals surface area contributed by atoms with E-state index in [-0.39, 0.29) is 24.5 Å². The number of nitrogens with one attached hydrogen (secondary N) is 1. The number of rotatable bonds is 6. The molecule has 2 fully saturated rings. The Balaban J connectivity index is 1.58. The molecule has 35 heavy (non-hydrogen) atoms. The largest absolute Gasteiger partial charge is 0.463 e. The summed E-state index contributed by atoms with van der Waals surface area (Å²) in [5, 5.41) is 3.70. The van der Waals surface area contributed by atoms with E-state index in [1.165, 1.54) is 4.90 Å². The van der Waals surface area contributed by atoms with Crippen molar-refractivity contribution in [2.75, 3.05) is 46.4 Å². The maximum atomic E-state index is 13.2. The number of carbonyl (C=O) groups excluding carboxylic acids is 3. The lowest BCUT2D eigenvalue weighted by Crippen LogP contribution is -2.53. The van der Waals surface area contributed by atoms with Crippen LogP contribution in [0.4, 0.5) is 4.79 Å². The van der Waals surface area contributed by atoms with Crippen LogP contribution in [0.1, 0.15) is 44.2 Å². The Morgan fingerprint density at radius 2 is 1.80 bits per heavy atom. The number of likely N-dealkylation sites (N-methyl/N-ethyl adjacent to an activating group) is 1. The molecule has 0 spiro atoms. The van der Waals surface area contributed by atoms with E-state index in [0.717, 1.165) is 25.7 Å². The predicted octanol–water partition coefficient (Wildman–Crippen LogP) is 3.84. The number of ether oxygens (including phenoxy) is 1. The molecule has 190 valence electrons. The molecule has 1 aromatic rings. The first-order valence-corrected chi connectivity index (χ1v) is 13.0. The lowest BCUT2D eigenvalue weighted by Gasteiger charge is -2.40. The van der Waals surface area contributed by atoms with E-state index in [1.807, 2.05) is 4.90 Å². The highest BCUT2D eigenvalue weighted by Gasteiger charge is 2.39. The number of hydrogen-bond donors (Lipinski definition) is 1. The van der Waals surface area contributed by atoms with Crippen molar-refractivity contribution in [3.63, 3.8) is 0 Å². The van der Waals surface area contributed by atoms with Gasteiger partial charge in [-0.1, -0.05) is 42.1 Å². The number of urea groups is 1. The molecule has 4 rings (SSSR count). The average molecular weight is 523 g/mol. The Hall–Kier alpha value is -2.29. The van der Waals surface area contributed by atoms with Crippen molar-refractivity contribution >= 4 is 41.1 Å². The van der Waals surface area contributed by atoms with E-state index in [1.54, 1.807) is 32.2 Å². The monoisotopic (exact) mass is 522 g/mol. The van der Waals surface area contributed by atoms with Gasteiger partial charge in [0.1, 0.15) is 0 Å². The first kappa shape index (κ1) is 25.8. The number of carbonyl (C=O) groups is 3. The van der Waals surface area contributed by atoms with E-state index in [2.05, 4.69) is 10.2 Å². The van der Waals surface area contributed by atoms with Crippen molar-refractivity contribution < 1.29 is 19.1 Å². The standard InChI is InChI=1S/C25H32Cl2N4O4/c1-3-35-24(33)21-20(15-30-10-12-31(13-11-30)23(32)16-6-4-5-7-16)29(2)25(34)28-22(21)18-9-8-17(26)14-19(18)27/h8-9,14,16,22H,3-7,10-13,15H2,1-2H3,(H,28,34). The molecule has 3 amide bonds. The van der Waals surface area contributed by atoms with Crippen LogP contribution >= 0.6 is 23.2 Å². The van der Waals surface area contributed by atoms with Crippen molar-refractivity contribution in [1.82, 2.24) is 20.0 Å². The number of nitrogens with zero attached hydrogens (tertiary/aromatic N) is 3. The van der Waals surface area contributed by atoms with Crippen molar-refractivity contribution in [1.29, 1.82) is 0 Å². The third kappa shape index (κ3) is 5.60. The SMILES string of the molecule is CCOC(=O)C1=C(CN2CCN(C(=O)C3CCCC3)CC2)N(C)C(=O)NC1c1ccc(Cl)cc1Cl. The molecule has 8 nitrogen and oxygen atoms in total. The van der Waals surface area contributed by atoms with E-state index in [4.69, 9.17) is 27.9 Å². The molecular weight excluding hydrogens is 491 g/mol. The summed E-state index contributed by atoms with van der Waals surface area (Å²) >= 11 is 12.5. The first-order valence-electron chi connectivity index (χ1n) is 12.2. The highest BCUT2D eigenvalue weighted by atomic mass is 35.5. The molecule has 10 heteroatoms. The van der Waals surface area contributed by atoms with Crippen LogP contribution in [0.25, 0.3) is 0 Å². The van der Waals surface area contributed by atoms with Gasteiger partial charge in [-0.05, 0) is 37.5 Å². The van der Waals surface area contributed by atoms with Crippen LogP contribution in [0.2, 0.25) is 10.0 Å². The lowest BCUT2D eigenvalue weighted by molar-refractivity contribution is -0.139. The quantitative estimate of drug-likeness (QED) is 0.574. The normalized spacial score (nSPS) is 21.9. The van der Waals surface area contributed by atoms with Crippen LogP contribution in [0.3, 0.4) is 0 Å². The van der Waals surface area contributed by atoms with Gasteiger partial charge in [0.05, 0.1) is 18.2 Å². The second kappa shape index (κ2) is 11.2. The zero-order valence-corrected chi connectivity index (χ0v) is 21.7. The van der Waals surface area contributed by atoms with E-state index < -0.39 is 12.0 Å². The Morgan fingerprint density at radius 1 is 1.11 bits per heavy atom. The van der Waals surface area contributed by atoms with Crippen LogP contribution in [0.15, 0.2) is 29.5 Å². The van der Waals surface area contributed by atoms with Crippen LogP contribution in [-0.4, -0.2) is 79.0 Å². The highest BCUT2D eigenvalue weighted by Crippen LogP contribution is 2.36. The van der Waals surface area contributed by atoms with Gasteiger partial charge < -0.3 is 15.0 Å². The third-order valence-corrected chi connectivity index (χ3v) is 7.67. The van der Waals surface area contributed by atoms with Crippen LogP contribution < -0.4 is 5.32 Å². The fraction of sp³-hybridized carbons (Fsp3) is 0.560. The summed E-state index contributed by atoms with van der Waals surface area (Å²) in [5.41, 5.74) is 1.49. The first-order chi connectivity index (χ1) is 16.8. The molecule has 3 aliphatic rings. The molecule has 2 aliphatic heterocycles. The molecule has 0 radical (unpaired) electrons. The Labute approximate surface area is 216 Å². The maximum absolute atomic E-state index is 13.2. The molecule has 1 unspecified atom stereocenters. The molecule has 0 aromatic heterocycles. The second-order valence-corrected chi connectivity index (χ2v) is 10.1. The van der Waals surface area contributed by atoms with Gasteiger partial charge in [-0.15, -0.1) is 0 Å². The van der Waals surface area contributed by atoms with Gasteiger partial charge in [0, 0.05) is 61.4 Å². The summed E-state index contributed by atoms with van der Waals surface area (Å²) in [6.07, 6.45) is 4.25. The minimum Gasteiger partial charge on any atom is -0.463 e. The molecule has 1 atom stereocenters. The van der Waals surface area contributed by atoms with Crippen LogP contribution in [0.5, 0.6) is 0 Å². The number of hydrogen-bond acceptors (Lipinski definition) is 5. The molecule has 1 aromatic carbocycles. The van der Waals surface area contributed by atoms with E-state index in [9.17, 15) is 14.4 Å². The van der Waals surface area contributed by atoms with Crippen LogP contribution in [-0.2, 0) is 14.3 Å². The van der Waals surface area contributed by atoms with Gasteiger partial charge in [-0.25, -0.2) is 9.59 Å². The average Bonchev–Trinajstić information content (AvgIpc) is 3.37. The fourth-order valence-electron chi connectivity index (χ4n) is 5.14. The summed E-state index contributed by atoms with van der Waals surface area (Å²) in [6, 6.07) is 3.88. The van der Waals surface area contributed by atoms with E-state index >= 15 is 0 Å². The summed E-state index contributed by atoms with van der Waals surface area (Å²) < 4.78 is 5.39. The van der Waals surface area contributed by atoms with Gasteiger partial charge >= 0.3 is 12.0 Å². The van der Waals surface area contributed by atoms with E-state index in [0.29, 0.717) is 59.6 Å². The third-order valence-electron chi connectivity index (χ3n) is 7.11. The van der Waals surface area contributed by atoms with Gasteiger partial charge in [-0.3, -0.25) is 14.6 Å². The number of piperazine rings is 1. The summed E-state index contributed by atoms with van der Waals surface area (Å²) in [4.78, 5) is 44.5. The Bertz CT molecular complexity index is 1020. The zero-order valence-electron chi connectivity index (χ0n) is 20.2. The predicted molar refractivity (Wildman–Crippen MR) is 134 cm³/mol. The van der Waals surface area contributed by atoms with Crippen LogP contribution in [0, 0.1) is 5.92 Å². The molecule has 1 saturated carbocycles. The second-order valence-electron chi connectivity index (χ2n) is 9.27. The lowest BCUT2D eigenvalue weighted by atomic mass is 9.94. The molecular formula is C25H32Cl2N4O4. The Morgan fingerprint density at radius 3 is 2.43 bits per heavy atom.